The molecule has 0 spiro atoms. The second-order valence-corrected chi connectivity index (χ2v) is 6.44. The van der Waals surface area contributed by atoms with Crippen molar-refractivity contribution in [1.29, 1.82) is 0 Å². The predicted molar refractivity (Wildman–Crippen MR) is 97.1 cm³/mol. The Labute approximate surface area is 140 Å². The molecule has 116 valence electrons. The first-order valence-corrected chi connectivity index (χ1v) is 8.53. The van der Waals surface area contributed by atoms with E-state index in [0.717, 1.165) is 18.7 Å². The molecule has 0 saturated heterocycles. The first-order chi connectivity index (χ1) is 10.6. The lowest BCUT2D eigenvalue weighted by Gasteiger charge is -2.11. The van der Waals surface area contributed by atoms with E-state index < -0.39 is 0 Å². The van der Waals surface area contributed by atoms with E-state index in [-0.39, 0.29) is 5.82 Å². The summed E-state index contributed by atoms with van der Waals surface area (Å²) in [6.07, 6.45) is 1.00. The lowest BCUT2D eigenvalue weighted by atomic mass is 10.2. The van der Waals surface area contributed by atoms with Crippen molar-refractivity contribution >= 4 is 34.8 Å². The molecular weight excluding hydrogens is 315 g/mol. The van der Waals surface area contributed by atoms with Gasteiger partial charge in [0.2, 0.25) is 0 Å². The monoisotopic (exact) mass is 334 g/mol. The molecule has 22 heavy (non-hydrogen) atoms. The van der Waals surface area contributed by atoms with Crippen LogP contribution in [0.3, 0.4) is 0 Å². The van der Waals surface area contributed by atoms with Gasteiger partial charge in [-0.05, 0) is 61.1 Å². The minimum Gasteiger partial charge on any atom is -0.362 e. The van der Waals surface area contributed by atoms with Crippen LogP contribution >= 0.6 is 24.0 Å². The molecule has 5 heteroatoms. The average molecular weight is 334 g/mol. The van der Waals surface area contributed by atoms with Gasteiger partial charge >= 0.3 is 0 Å². The van der Waals surface area contributed by atoms with Gasteiger partial charge in [-0.25, -0.2) is 4.39 Å². The fourth-order valence-electron chi connectivity index (χ4n) is 1.83. The molecule has 2 aromatic carbocycles. The van der Waals surface area contributed by atoms with Gasteiger partial charge in [-0.3, -0.25) is 0 Å². The maximum atomic E-state index is 13.4. The van der Waals surface area contributed by atoms with Gasteiger partial charge in [-0.2, -0.15) is 0 Å². The Morgan fingerprint density at radius 1 is 1.18 bits per heavy atom. The van der Waals surface area contributed by atoms with Crippen LogP contribution in [0.1, 0.15) is 12.0 Å². The first-order valence-electron chi connectivity index (χ1n) is 7.14. The minimum atomic E-state index is -0.230. The summed E-state index contributed by atoms with van der Waals surface area (Å²) in [6, 6.07) is 15.3. The van der Waals surface area contributed by atoms with Crippen molar-refractivity contribution in [2.24, 2.45) is 0 Å². The van der Waals surface area contributed by atoms with Crippen LogP contribution < -0.4 is 10.6 Å². The summed E-state index contributed by atoms with van der Waals surface area (Å²) in [7, 11) is 0. The number of thioether (sulfide) groups is 1. The van der Waals surface area contributed by atoms with Crippen LogP contribution in [0.4, 0.5) is 10.1 Å². The van der Waals surface area contributed by atoms with Crippen LogP contribution in [-0.4, -0.2) is 17.4 Å². The fraction of sp³-hybridized carbons (Fsp3) is 0.235. The highest BCUT2D eigenvalue weighted by molar-refractivity contribution is 7.99. The number of hydrogen-bond donors (Lipinski definition) is 2. The highest BCUT2D eigenvalue weighted by Crippen LogP contribution is 2.17. The molecule has 2 rings (SSSR count). The van der Waals surface area contributed by atoms with E-state index in [1.807, 2.05) is 36.0 Å². The summed E-state index contributed by atoms with van der Waals surface area (Å²) in [5, 5.41) is 6.65. The second-order valence-electron chi connectivity index (χ2n) is 4.86. The van der Waals surface area contributed by atoms with Crippen LogP contribution in [0.15, 0.2) is 53.4 Å². The number of aryl methyl sites for hydroxylation is 1. The molecule has 0 saturated carbocycles. The van der Waals surface area contributed by atoms with Crippen molar-refractivity contribution in [2.75, 3.05) is 17.6 Å². The Kier molecular flexibility index (Phi) is 6.68. The van der Waals surface area contributed by atoms with Gasteiger partial charge in [0.1, 0.15) is 5.82 Å². The topological polar surface area (TPSA) is 24.1 Å². The number of nitrogens with one attached hydrogen (secondary N) is 2. The minimum absolute atomic E-state index is 0.230. The van der Waals surface area contributed by atoms with Crippen molar-refractivity contribution in [1.82, 2.24) is 5.32 Å². The molecule has 0 radical (unpaired) electrons. The SMILES string of the molecule is Cc1ccc(NC(=S)NCCCSc2ccccc2)cc1F. The van der Waals surface area contributed by atoms with Crippen LogP contribution in [0, 0.1) is 12.7 Å². The molecule has 0 heterocycles. The zero-order chi connectivity index (χ0) is 15.8. The number of anilines is 1. The van der Waals surface area contributed by atoms with Crippen LogP contribution in [0.25, 0.3) is 0 Å². The van der Waals surface area contributed by atoms with Crippen LogP contribution in [0.5, 0.6) is 0 Å². The van der Waals surface area contributed by atoms with Crippen molar-refractivity contribution in [3.8, 4) is 0 Å². The third-order valence-electron chi connectivity index (χ3n) is 3.05. The molecule has 2 nitrogen and oxygen atoms in total. The summed E-state index contributed by atoms with van der Waals surface area (Å²) in [4.78, 5) is 1.28. The van der Waals surface area contributed by atoms with E-state index in [9.17, 15) is 4.39 Å². The molecule has 0 atom stereocenters. The lowest BCUT2D eigenvalue weighted by Crippen LogP contribution is -2.29. The second kappa shape index (κ2) is 8.76. The normalized spacial score (nSPS) is 10.3. The number of benzene rings is 2. The molecule has 0 aliphatic rings. The largest absolute Gasteiger partial charge is 0.362 e. The van der Waals surface area contributed by atoms with Crippen molar-refractivity contribution in [2.45, 2.75) is 18.2 Å². The van der Waals surface area contributed by atoms with E-state index in [2.05, 4.69) is 22.8 Å². The summed E-state index contributed by atoms with van der Waals surface area (Å²) in [5.74, 6) is 0.797. The van der Waals surface area contributed by atoms with Gasteiger partial charge < -0.3 is 10.6 Å². The van der Waals surface area contributed by atoms with Crippen LogP contribution in [0.2, 0.25) is 0 Å². The highest BCUT2D eigenvalue weighted by atomic mass is 32.2. The first kappa shape index (κ1) is 16.8. The molecule has 0 amide bonds. The van der Waals surface area contributed by atoms with E-state index in [1.54, 1.807) is 13.0 Å². The number of thiocarbonyl (C=S) groups is 1. The zero-order valence-electron chi connectivity index (χ0n) is 12.4. The van der Waals surface area contributed by atoms with Gasteiger partial charge in [-0.1, -0.05) is 24.3 Å². The van der Waals surface area contributed by atoms with Gasteiger partial charge in [0.05, 0.1) is 0 Å². The van der Waals surface area contributed by atoms with E-state index >= 15 is 0 Å². The zero-order valence-corrected chi connectivity index (χ0v) is 14.1. The maximum Gasteiger partial charge on any atom is 0.170 e. The van der Waals surface area contributed by atoms with Crippen molar-refractivity contribution in [3.05, 3.63) is 59.9 Å². The van der Waals surface area contributed by atoms with E-state index in [0.29, 0.717) is 16.4 Å². The third-order valence-corrected chi connectivity index (χ3v) is 4.39. The van der Waals surface area contributed by atoms with Gasteiger partial charge in [0.15, 0.2) is 5.11 Å². The fourth-order valence-corrected chi connectivity index (χ4v) is 2.92. The molecule has 2 N–H and O–H groups in total. The molecule has 0 aliphatic heterocycles. The number of rotatable bonds is 6. The summed E-state index contributed by atoms with van der Waals surface area (Å²) >= 11 is 7.03. The summed E-state index contributed by atoms with van der Waals surface area (Å²) in [6.45, 7) is 2.53. The molecule has 0 fully saturated rings. The van der Waals surface area contributed by atoms with Crippen molar-refractivity contribution in [3.63, 3.8) is 0 Å². The summed E-state index contributed by atoms with van der Waals surface area (Å²) < 4.78 is 13.4. The quantitative estimate of drug-likeness (QED) is 0.458. The summed E-state index contributed by atoms with van der Waals surface area (Å²) in [5.41, 5.74) is 1.29. The lowest BCUT2D eigenvalue weighted by molar-refractivity contribution is 0.619. The Bertz CT molecular complexity index is 617. The Morgan fingerprint density at radius 3 is 2.68 bits per heavy atom. The van der Waals surface area contributed by atoms with Gasteiger partial charge in [0.25, 0.3) is 0 Å². The van der Waals surface area contributed by atoms with Gasteiger partial charge in [0, 0.05) is 17.1 Å². The average Bonchev–Trinajstić information content (AvgIpc) is 2.52. The Morgan fingerprint density at radius 2 is 1.95 bits per heavy atom. The maximum absolute atomic E-state index is 13.4. The predicted octanol–water partition coefficient (Wildman–Crippen LogP) is 4.60. The molecule has 0 aliphatic carbocycles. The van der Waals surface area contributed by atoms with Crippen molar-refractivity contribution < 1.29 is 4.39 Å². The highest BCUT2D eigenvalue weighted by Gasteiger charge is 2.01. The standard InChI is InChI=1S/C17H19FN2S2/c1-13-8-9-14(12-16(13)18)20-17(21)19-10-5-11-22-15-6-3-2-4-7-15/h2-4,6-9,12H,5,10-11H2,1H3,(H2,19,20,21). The molecule has 0 aromatic heterocycles. The van der Waals surface area contributed by atoms with Gasteiger partial charge in [-0.15, -0.1) is 11.8 Å². The molecule has 0 bridgehead atoms. The molecular formula is C17H19FN2S2. The smallest absolute Gasteiger partial charge is 0.170 e. The van der Waals surface area contributed by atoms with Crippen LogP contribution in [-0.2, 0) is 0 Å². The Balaban J connectivity index is 1.64. The van der Waals surface area contributed by atoms with E-state index in [1.165, 1.54) is 11.0 Å². The third kappa shape index (κ3) is 5.66. The molecule has 0 unspecified atom stereocenters. The number of hydrogen-bond acceptors (Lipinski definition) is 2. The number of halogens is 1. The molecule has 2 aromatic rings. The Hall–Kier alpha value is -1.59. The van der Waals surface area contributed by atoms with E-state index in [4.69, 9.17) is 12.2 Å².